The third kappa shape index (κ3) is 4.83. The summed E-state index contributed by atoms with van der Waals surface area (Å²) in [5.74, 6) is -0.000667. The van der Waals surface area contributed by atoms with Crippen LogP contribution in [-0.4, -0.2) is 27.4 Å². The van der Waals surface area contributed by atoms with Crippen molar-refractivity contribution in [3.63, 3.8) is 0 Å². The Morgan fingerprint density at radius 3 is 2.91 bits per heavy atom. The fraction of sp³-hybridized carbons (Fsp3) is 0.400. The van der Waals surface area contributed by atoms with Gasteiger partial charge in [-0.05, 0) is 18.1 Å². The molecule has 2 rings (SSSR count). The van der Waals surface area contributed by atoms with Gasteiger partial charge in [-0.25, -0.2) is 9.07 Å². The predicted molar refractivity (Wildman–Crippen MR) is 78.6 cm³/mol. The highest BCUT2D eigenvalue weighted by Crippen LogP contribution is 2.16. The Kier molecular flexibility index (Phi) is 5.46. The standard InChI is InChI=1S/C15H19FN4O2/c1-11(2)7-17-15(21)9-20-8-12(18-19-20)10-22-14-6-4-3-5-13(14)16/h3-6,8,11H,7,9-10H2,1-2H3,(H,17,21). The van der Waals surface area contributed by atoms with Gasteiger partial charge in [0, 0.05) is 6.54 Å². The van der Waals surface area contributed by atoms with Gasteiger partial charge in [-0.1, -0.05) is 31.2 Å². The lowest BCUT2D eigenvalue weighted by Crippen LogP contribution is -2.30. The molecule has 118 valence electrons. The van der Waals surface area contributed by atoms with Gasteiger partial charge in [-0.2, -0.15) is 0 Å². The normalized spacial score (nSPS) is 10.7. The molecule has 2 aromatic rings. The molecule has 0 unspecified atom stereocenters. The monoisotopic (exact) mass is 306 g/mol. The minimum absolute atomic E-state index is 0.0918. The molecular weight excluding hydrogens is 287 g/mol. The SMILES string of the molecule is CC(C)CNC(=O)Cn1cc(COc2ccccc2F)nn1. The molecule has 0 saturated carbocycles. The van der Waals surface area contributed by atoms with Crippen molar-refractivity contribution in [3.05, 3.63) is 42.0 Å². The summed E-state index contributed by atoms with van der Waals surface area (Å²) in [6.45, 7) is 4.85. The van der Waals surface area contributed by atoms with E-state index < -0.39 is 5.82 Å². The maximum absolute atomic E-state index is 13.4. The van der Waals surface area contributed by atoms with Crippen molar-refractivity contribution in [3.8, 4) is 5.75 Å². The van der Waals surface area contributed by atoms with Crippen LogP contribution in [0.2, 0.25) is 0 Å². The van der Waals surface area contributed by atoms with E-state index in [1.165, 1.54) is 10.7 Å². The van der Waals surface area contributed by atoms with E-state index in [2.05, 4.69) is 15.6 Å². The van der Waals surface area contributed by atoms with Crippen molar-refractivity contribution in [2.75, 3.05) is 6.54 Å². The average molecular weight is 306 g/mol. The molecule has 0 radical (unpaired) electrons. The average Bonchev–Trinajstić information content (AvgIpc) is 2.92. The van der Waals surface area contributed by atoms with Gasteiger partial charge in [0.2, 0.25) is 5.91 Å². The first-order chi connectivity index (χ1) is 10.5. The molecule has 1 aromatic carbocycles. The number of carbonyl (C=O) groups is 1. The molecule has 0 saturated heterocycles. The summed E-state index contributed by atoms with van der Waals surface area (Å²) in [4.78, 5) is 11.7. The van der Waals surface area contributed by atoms with Crippen LogP contribution in [0.1, 0.15) is 19.5 Å². The maximum atomic E-state index is 13.4. The minimum Gasteiger partial charge on any atom is -0.484 e. The number of carbonyl (C=O) groups excluding carboxylic acids is 1. The number of rotatable bonds is 7. The Labute approximate surface area is 128 Å². The first-order valence-corrected chi connectivity index (χ1v) is 7.07. The zero-order valence-corrected chi connectivity index (χ0v) is 12.6. The number of hydrogen-bond acceptors (Lipinski definition) is 4. The highest BCUT2D eigenvalue weighted by atomic mass is 19.1. The number of benzene rings is 1. The largest absolute Gasteiger partial charge is 0.484 e. The van der Waals surface area contributed by atoms with Crippen molar-refractivity contribution >= 4 is 5.91 Å². The fourth-order valence-corrected chi connectivity index (χ4v) is 1.72. The number of nitrogens with one attached hydrogen (secondary N) is 1. The number of nitrogens with zero attached hydrogens (tertiary/aromatic N) is 3. The molecule has 22 heavy (non-hydrogen) atoms. The van der Waals surface area contributed by atoms with Gasteiger partial charge in [0.1, 0.15) is 18.8 Å². The van der Waals surface area contributed by atoms with E-state index in [1.54, 1.807) is 24.4 Å². The molecular formula is C15H19FN4O2. The quantitative estimate of drug-likeness (QED) is 0.846. The smallest absolute Gasteiger partial charge is 0.241 e. The van der Waals surface area contributed by atoms with Crippen molar-refractivity contribution in [1.82, 2.24) is 20.3 Å². The van der Waals surface area contributed by atoms with Gasteiger partial charge in [0.15, 0.2) is 11.6 Å². The zero-order valence-electron chi connectivity index (χ0n) is 12.6. The van der Waals surface area contributed by atoms with Gasteiger partial charge in [0.25, 0.3) is 0 Å². The van der Waals surface area contributed by atoms with Gasteiger partial charge >= 0.3 is 0 Å². The minimum atomic E-state index is -0.428. The molecule has 1 heterocycles. The van der Waals surface area contributed by atoms with Gasteiger partial charge in [-0.15, -0.1) is 5.10 Å². The van der Waals surface area contributed by atoms with E-state index in [1.807, 2.05) is 13.8 Å². The van der Waals surface area contributed by atoms with Crippen LogP contribution in [-0.2, 0) is 17.9 Å². The molecule has 0 spiro atoms. The van der Waals surface area contributed by atoms with Crippen LogP contribution in [0.25, 0.3) is 0 Å². The lowest BCUT2D eigenvalue weighted by molar-refractivity contribution is -0.122. The second-order valence-electron chi connectivity index (χ2n) is 5.32. The summed E-state index contributed by atoms with van der Waals surface area (Å²) < 4.78 is 20.2. The third-order valence-corrected chi connectivity index (χ3v) is 2.81. The first-order valence-electron chi connectivity index (χ1n) is 7.07. The number of amides is 1. The van der Waals surface area contributed by atoms with Crippen LogP contribution in [0.4, 0.5) is 4.39 Å². The van der Waals surface area contributed by atoms with Crippen LogP contribution in [0, 0.1) is 11.7 Å². The van der Waals surface area contributed by atoms with E-state index in [0.717, 1.165) is 0 Å². The van der Waals surface area contributed by atoms with Crippen LogP contribution in [0.5, 0.6) is 5.75 Å². The highest BCUT2D eigenvalue weighted by Gasteiger charge is 2.08. The Hall–Kier alpha value is -2.44. The molecule has 0 aliphatic carbocycles. The lowest BCUT2D eigenvalue weighted by atomic mass is 10.2. The van der Waals surface area contributed by atoms with Crippen LogP contribution < -0.4 is 10.1 Å². The summed E-state index contributed by atoms with van der Waals surface area (Å²) in [5, 5.41) is 10.5. The molecule has 0 aliphatic heterocycles. The first kappa shape index (κ1) is 15.9. The van der Waals surface area contributed by atoms with Gasteiger partial charge < -0.3 is 10.1 Å². The van der Waals surface area contributed by atoms with Crippen LogP contribution in [0.3, 0.4) is 0 Å². The Balaban J connectivity index is 1.84. The second kappa shape index (κ2) is 7.53. The van der Waals surface area contributed by atoms with Crippen molar-refractivity contribution in [2.24, 2.45) is 5.92 Å². The summed E-state index contributed by atoms with van der Waals surface area (Å²) in [5.41, 5.74) is 0.528. The molecule has 0 atom stereocenters. The summed E-state index contributed by atoms with van der Waals surface area (Å²) in [6, 6.07) is 6.15. The van der Waals surface area contributed by atoms with Gasteiger partial charge in [-0.3, -0.25) is 4.79 Å². The Bertz CT molecular complexity index is 628. The van der Waals surface area contributed by atoms with Crippen LogP contribution in [0.15, 0.2) is 30.5 Å². The van der Waals surface area contributed by atoms with E-state index in [9.17, 15) is 9.18 Å². The van der Waals surface area contributed by atoms with E-state index in [0.29, 0.717) is 18.2 Å². The molecule has 6 nitrogen and oxygen atoms in total. The lowest BCUT2D eigenvalue weighted by Gasteiger charge is -2.06. The van der Waals surface area contributed by atoms with E-state index >= 15 is 0 Å². The summed E-state index contributed by atoms with van der Waals surface area (Å²) in [7, 11) is 0. The van der Waals surface area contributed by atoms with Gasteiger partial charge in [0.05, 0.1) is 6.20 Å². The summed E-state index contributed by atoms with van der Waals surface area (Å²) in [6.07, 6.45) is 1.61. The second-order valence-corrected chi connectivity index (χ2v) is 5.32. The molecule has 1 amide bonds. The van der Waals surface area contributed by atoms with E-state index in [4.69, 9.17) is 4.74 Å². The molecule has 0 fully saturated rings. The molecule has 7 heteroatoms. The number of para-hydroxylation sites is 1. The topological polar surface area (TPSA) is 69.0 Å². The Morgan fingerprint density at radius 2 is 2.18 bits per heavy atom. The van der Waals surface area contributed by atoms with Crippen molar-refractivity contribution in [2.45, 2.75) is 27.0 Å². The summed E-state index contributed by atoms with van der Waals surface area (Å²) >= 11 is 0. The Morgan fingerprint density at radius 1 is 1.41 bits per heavy atom. The molecule has 0 aliphatic rings. The van der Waals surface area contributed by atoms with Crippen molar-refractivity contribution in [1.29, 1.82) is 0 Å². The highest BCUT2D eigenvalue weighted by molar-refractivity contribution is 5.75. The fourth-order valence-electron chi connectivity index (χ4n) is 1.72. The number of aromatic nitrogens is 3. The predicted octanol–water partition coefficient (Wildman–Crippen LogP) is 1.77. The number of hydrogen-bond donors (Lipinski definition) is 1. The maximum Gasteiger partial charge on any atom is 0.241 e. The van der Waals surface area contributed by atoms with Crippen LogP contribution >= 0.6 is 0 Å². The molecule has 0 bridgehead atoms. The number of ether oxygens (including phenoxy) is 1. The zero-order chi connectivity index (χ0) is 15.9. The number of halogens is 1. The van der Waals surface area contributed by atoms with E-state index in [-0.39, 0.29) is 24.8 Å². The third-order valence-electron chi connectivity index (χ3n) is 2.81. The molecule has 1 N–H and O–H groups in total. The molecule has 1 aromatic heterocycles. The van der Waals surface area contributed by atoms with Crippen molar-refractivity contribution < 1.29 is 13.9 Å².